The topological polar surface area (TPSA) is 67.4 Å². The van der Waals surface area contributed by atoms with Gasteiger partial charge in [-0.25, -0.2) is 0 Å². The maximum atomic E-state index is 13.3. The molecule has 0 saturated heterocycles. The van der Waals surface area contributed by atoms with E-state index in [-0.39, 0.29) is 17.5 Å². The van der Waals surface area contributed by atoms with Crippen molar-refractivity contribution < 1.29 is 14.3 Å². The van der Waals surface area contributed by atoms with Crippen molar-refractivity contribution in [3.63, 3.8) is 0 Å². The minimum atomic E-state index is -0.388. The van der Waals surface area contributed by atoms with Crippen molar-refractivity contribution >= 4 is 44.6 Å². The van der Waals surface area contributed by atoms with E-state index in [0.29, 0.717) is 23.6 Å². The van der Waals surface area contributed by atoms with Gasteiger partial charge in [-0.05, 0) is 80.3 Å². The Morgan fingerprint density at radius 1 is 0.744 bits per heavy atom. The standard InChI is InChI=1S/C33H25BrN2O3/c34-29-15-6-7-16-31(29)39-27-19-17-23(18-20-27)21-30(36-32(37)25-10-2-1-3-11-25)33(38)35-22-26-13-8-12-24-9-4-5-14-28(24)26/h1-21H,22H2,(H,35,38)(H,36,37)/b30-21+. The highest BCUT2D eigenvalue weighted by molar-refractivity contribution is 9.10. The Morgan fingerprint density at radius 2 is 1.44 bits per heavy atom. The Balaban J connectivity index is 1.37. The highest BCUT2D eigenvalue weighted by Crippen LogP contribution is 2.29. The van der Waals surface area contributed by atoms with Crippen molar-refractivity contribution in [1.29, 1.82) is 0 Å². The molecule has 0 radical (unpaired) electrons. The maximum Gasteiger partial charge on any atom is 0.268 e. The number of carbonyl (C=O) groups excluding carboxylic acids is 2. The van der Waals surface area contributed by atoms with Gasteiger partial charge >= 0.3 is 0 Å². The second-order valence-electron chi connectivity index (χ2n) is 8.80. The lowest BCUT2D eigenvalue weighted by Crippen LogP contribution is -2.34. The summed E-state index contributed by atoms with van der Waals surface area (Å²) in [5.41, 5.74) is 2.33. The third-order valence-corrected chi connectivity index (χ3v) is 6.76. The number of carbonyl (C=O) groups is 2. The van der Waals surface area contributed by atoms with Gasteiger partial charge in [-0.3, -0.25) is 9.59 Å². The zero-order valence-corrected chi connectivity index (χ0v) is 22.5. The van der Waals surface area contributed by atoms with Crippen LogP contribution in [0.15, 0.2) is 131 Å². The zero-order valence-electron chi connectivity index (χ0n) is 20.9. The molecule has 0 aromatic heterocycles. The van der Waals surface area contributed by atoms with Crippen molar-refractivity contribution in [3.05, 3.63) is 148 Å². The fourth-order valence-corrected chi connectivity index (χ4v) is 4.48. The molecule has 5 rings (SSSR count). The van der Waals surface area contributed by atoms with Crippen LogP contribution in [0.3, 0.4) is 0 Å². The van der Waals surface area contributed by atoms with E-state index >= 15 is 0 Å². The summed E-state index contributed by atoms with van der Waals surface area (Å²) in [4.78, 5) is 26.3. The first kappa shape index (κ1) is 25.9. The van der Waals surface area contributed by atoms with Gasteiger partial charge in [0, 0.05) is 12.1 Å². The quantitative estimate of drug-likeness (QED) is 0.188. The van der Waals surface area contributed by atoms with Gasteiger partial charge in [0.2, 0.25) is 0 Å². The summed E-state index contributed by atoms with van der Waals surface area (Å²) in [5, 5.41) is 7.92. The van der Waals surface area contributed by atoms with Crippen LogP contribution >= 0.6 is 15.9 Å². The van der Waals surface area contributed by atoms with Crippen molar-refractivity contribution in [3.8, 4) is 11.5 Å². The summed E-state index contributed by atoms with van der Waals surface area (Å²) in [6.07, 6.45) is 1.65. The third kappa shape index (κ3) is 6.61. The van der Waals surface area contributed by atoms with E-state index in [0.717, 1.165) is 26.4 Å². The van der Waals surface area contributed by atoms with Crippen molar-refractivity contribution in [2.75, 3.05) is 0 Å². The molecule has 0 atom stereocenters. The fraction of sp³-hybridized carbons (Fsp3) is 0.0303. The highest BCUT2D eigenvalue weighted by Gasteiger charge is 2.15. The molecule has 0 saturated carbocycles. The lowest BCUT2D eigenvalue weighted by molar-refractivity contribution is -0.117. The van der Waals surface area contributed by atoms with Crippen LogP contribution in [0.25, 0.3) is 16.8 Å². The molecular formula is C33H25BrN2O3. The number of ether oxygens (including phenoxy) is 1. The summed E-state index contributed by atoms with van der Waals surface area (Å²) in [6.45, 7) is 0.317. The molecule has 0 aliphatic heterocycles. The summed E-state index contributed by atoms with van der Waals surface area (Å²) >= 11 is 3.48. The van der Waals surface area contributed by atoms with E-state index in [4.69, 9.17) is 4.74 Å². The number of amides is 2. The van der Waals surface area contributed by atoms with E-state index in [1.54, 1.807) is 30.3 Å². The molecule has 0 bridgehead atoms. The van der Waals surface area contributed by atoms with E-state index in [9.17, 15) is 9.59 Å². The predicted molar refractivity (Wildman–Crippen MR) is 158 cm³/mol. The largest absolute Gasteiger partial charge is 0.456 e. The molecule has 5 aromatic rings. The molecule has 192 valence electrons. The minimum Gasteiger partial charge on any atom is -0.456 e. The Morgan fingerprint density at radius 3 is 2.23 bits per heavy atom. The second kappa shape index (κ2) is 12.2. The maximum absolute atomic E-state index is 13.3. The monoisotopic (exact) mass is 576 g/mol. The van der Waals surface area contributed by atoms with E-state index in [1.807, 2.05) is 97.1 Å². The lowest BCUT2D eigenvalue weighted by Gasteiger charge is -2.13. The molecule has 0 unspecified atom stereocenters. The van der Waals surface area contributed by atoms with Crippen LogP contribution in [0, 0.1) is 0 Å². The molecule has 6 heteroatoms. The van der Waals surface area contributed by atoms with E-state index in [2.05, 4.69) is 26.6 Å². The van der Waals surface area contributed by atoms with Gasteiger partial charge in [0.25, 0.3) is 11.8 Å². The highest BCUT2D eigenvalue weighted by atomic mass is 79.9. The van der Waals surface area contributed by atoms with Gasteiger partial charge in [-0.1, -0.05) is 84.9 Å². The number of para-hydroxylation sites is 1. The molecule has 5 nitrogen and oxygen atoms in total. The van der Waals surface area contributed by atoms with Gasteiger partial charge < -0.3 is 15.4 Å². The van der Waals surface area contributed by atoms with Gasteiger partial charge in [-0.2, -0.15) is 0 Å². The van der Waals surface area contributed by atoms with Crippen LogP contribution in [-0.4, -0.2) is 11.8 Å². The Labute approximate surface area is 235 Å². The van der Waals surface area contributed by atoms with Crippen molar-refractivity contribution in [1.82, 2.24) is 10.6 Å². The summed E-state index contributed by atoms with van der Waals surface area (Å²) < 4.78 is 6.79. The Hall–Kier alpha value is -4.68. The molecule has 2 amide bonds. The van der Waals surface area contributed by atoms with E-state index in [1.165, 1.54) is 0 Å². The first-order chi connectivity index (χ1) is 19.1. The normalized spacial score (nSPS) is 11.2. The predicted octanol–water partition coefficient (Wildman–Crippen LogP) is 7.48. The number of benzene rings is 5. The number of nitrogens with one attached hydrogen (secondary N) is 2. The number of halogens is 1. The minimum absolute atomic E-state index is 0.142. The molecular weight excluding hydrogens is 552 g/mol. The molecule has 0 aliphatic carbocycles. The van der Waals surface area contributed by atoms with Gasteiger partial charge in [-0.15, -0.1) is 0 Å². The average Bonchev–Trinajstić information content (AvgIpc) is 2.98. The van der Waals surface area contributed by atoms with Crippen LogP contribution in [0.5, 0.6) is 11.5 Å². The SMILES string of the molecule is O=C(NCc1cccc2ccccc12)/C(=C\c1ccc(Oc2ccccc2Br)cc1)NC(=O)c1ccccc1. The van der Waals surface area contributed by atoms with Crippen LogP contribution in [0.4, 0.5) is 0 Å². The summed E-state index contributed by atoms with van der Waals surface area (Å²) in [7, 11) is 0. The smallest absolute Gasteiger partial charge is 0.268 e. The Bertz CT molecular complexity index is 1640. The third-order valence-electron chi connectivity index (χ3n) is 6.10. The van der Waals surface area contributed by atoms with Crippen molar-refractivity contribution in [2.24, 2.45) is 0 Å². The van der Waals surface area contributed by atoms with Crippen molar-refractivity contribution in [2.45, 2.75) is 6.54 Å². The van der Waals surface area contributed by atoms with E-state index < -0.39 is 0 Å². The van der Waals surface area contributed by atoms with Crippen LogP contribution in [-0.2, 0) is 11.3 Å². The summed E-state index contributed by atoms with van der Waals surface area (Å²) in [5.74, 6) is 0.593. The van der Waals surface area contributed by atoms with Gasteiger partial charge in [0.15, 0.2) is 0 Å². The van der Waals surface area contributed by atoms with Crippen LogP contribution in [0.2, 0.25) is 0 Å². The molecule has 0 fully saturated rings. The first-order valence-corrected chi connectivity index (χ1v) is 13.2. The molecule has 0 heterocycles. The molecule has 5 aromatic carbocycles. The molecule has 2 N–H and O–H groups in total. The number of rotatable bonds is 8. The van der Waals surface area contributed by atoms with Gasteiger partial charge in [0.1, 0.15) is 17.2 Å². The fourth-order valence-electron chi connectivity index (χ4n) is 4.11. The average molecular weight is 577 g/mol. The number of hydrogen-bond acceptors (Lipinski definition) is 3. The lowest BCUT2D eigenvalue weighted by atomic mass is 10.0. The zero-order chi connectivity index (χ0) is 27.0. The molecule has 39 heavy (non-hydrogen) atoms. The number of hydrogen-bond donors (Lipinski definition) is 2. The van der Waals surface area contributed by atoms with Crippen LogP contribution in [0.1, 0.15) is 21.5 Å². The summed E-state index contributed by atoms with van der Waals surface area (Å²) in [6, 6.07) is 37.7. The molecule has 0 aliphatic rings. The Kier molecular flexibility index (Phi) is 8.15. The van der Waals surface area contributed by atoms with Gasteiger partial charge in [0.05, 0.1) is 4.47 Å². The molecule has 0 spiro atoms. The second-order valence-corrected chi connectivity index (χ2v) is 9.65. The van der Waals surface area contributed by atoms with Crippen LogP contribution < -0.4 is 15.4 Å². The number of fused-ring (bicyclic) bond motifs is 1. The first-order valence-electron chi connectivity index (χ1n) is 12.4.